The van der Waals surface area contributed by atoms with Gasteiger partial charge in [0.05, 0.1) is 18.0 Å². The fraction of sp³-hybridized carbons (Fsp3) is 0.333. The molecule has 2 rings (SSSR count). The van der Waals surface area contributed by atoms with Gasteiger partial charge in [0, 0.05) is 12.7 Å². The summed E-state index contributed by atoms with van der Waals surface area (Å²) in [7, 11) is 1.56. The topological polar surface area (TPSA) is 56.2 Å². The Balaban J connectivity index is 2.27. The van der Waals surface area contributed by atoms with Crippen LogP contribution in [-0.4, -0.2) is 15.9 Å². The summed E-state index contributed by atoms with van der Waals surface area (Å²) in [6.45, 7) is 5.93. The highest BCUT2D eigenvalue weighted by atomic mass is 35.5. The molecule has 0 spiro atoms. The Labute approximate surface area is 128 Å². The van der Waals surface area contributed by atoms with E-state index < -0.39 is 0 Å². The van der Waals surface area contributed by atoms with Gasteiger partial charge in [-0.3, -0.25) is 4.79 Å². The second kappa shape index (κ2) is 6.18. The van der Waals surface area contributed by atoms with E-state index >= 15 is 0 Å². The van der Waals surface area contributed by atoms with Gasteiger partial charge < -0.3 is 10.1 Å². The van der Waals surface area contributed by atoms with Gasteiger partial charge in [-0.2, -0.15) is 5.10 Å². The molecule has 2 aromatic rings. The first-order chi connectivity index (χ1) is 9.88. The third-order valence-electron chi connectivity index (χ3n) is 2.89. The van der Waals surface area contributed by atoms with Crippen LogP contribution in [0.3, 0.4) is 0 Å². The highest BCUT2D eigenvalue weighted by molar-refractivity contribution is 6.33. The smallest absolute Gasteiger partial charge is 0.287 e. The normalized spacial score (nSPS) is 10.8. The summed E-state index contributed by atoms with van der Waals surface area (Å²) in [6, 6.07) is 5.70. The zero-order chi connectivity index (χ0) is 15.6. The van der Waals surface area contributed by atoms with Gasteiger partial charge in [0.15, 0.2) is 0 Å². The molecule has 0 atom stereocenters. The number of nitrogens with one attached hydrogen (secondary N) is 1. The van der Waals surface area contributed by atoms with Crippen molar-refractivity contribution in [1.82, 2.24) is 9.78 Å². The van der Waals surface area contributed by atoms with Crippen molar-refractivity contribution >= 4 is 23.0 Å². The summed E-state index contributed by atoms with van der Waals surface area (Å²) < 4.78 is 6.88. The van der Waals surface area contributed by atoms with Gasteiger partial charge in [-0.15, -0.1) is 0 Å². The highest BCUT2D eigenvalue weighted by Crippen LogP contribution is 2.26. The first-order valence-corrected chi connectivity index (χ1v) is 7.02. The van der Waals surface area contributed by atoms with Crippen LogP contribution in [0.15, 0.2) is 29.2 Å². The predicted octanol–water partition coefficient (Wildman–Crippen LogP) is 3.27. The average molecular weight is 308 g/mol. The van der Waals surface area contributed by atoms with E-state index in [1.54, 1.807) is 7.05 Å². The van der Waals surface area contributed by atoms with Crippen molar-refractivity contribution in [1.29, 1.82) is 0 Å². The first-order valence-electron chi connectivity index (χ1n) is 6.64. The van der Waals surface area contributed by atoms with E-state index in [1.807, 2.05) is 39.0 Å². The van der Waals surface area contributed by atoms with Crippen LogP contribution < -0.4 is 15.6 Å². The molecule has 112 valence electrons. The number of hydrogen-bond acceptors (Lipinski definition) is 4. The van der Waals surface area contributed by atoms with Crippen molar-refractivity contribution in [3.63, 3.8) is 0 Å². The standard InChI is InChI=1S/C15H18ClN3O2/c1-9(2)21-13-6-5-11(7-10(13)3)18-12-8-17-19(4)15(20)14(12)16/h5-9,18H,1-4H3. The van der Waals surface area contributed by atoms with Crippen LogP contribution in [0.1, 0.15) is 19.4 Å². The summed E-state index contributed by atoms with van der Waals surface area (Å²) in [5, 5.41) is 7.16. The molecule has 21 heavy (non-hydrogen) atoms. The molecule has 0 aliphatic carbocycles. The van der Waals surface area contributed by atoms with Crippen LogP contribution in [0.2, 0.25) is 5.02 Å². The summed E-state index contributed by atoms with van der Waals surface area (Å²) in [5.41, 5.74) is 1.97. The lowest BCUT2D eigenvalue weighted by molar-refractivity contribution is 0.241. The van der Waals surface area contributed by atoms with E-state index in [0.29, 0.717) is 5.69 Å². The van der Waals surface area contributed by atoms with Crippen molar-refractivity contribution in [2.24, 2.45) is 7.05 Å². The van der Waals surface area contributed by atoms with E-state index in [2.05, 4.69) is 10.4 Å². The Hall–Kier alpha value is -2.01. The van der Waals surface area contributed by atoms with Gasteiger partial charge in [0.25, 0.3) is 5.56 Å². The first kappa shape index (κ1) is 15.4. The molecule has 0 aliphatic heterocycles. The van der Waals surface area contributed by atoms with Gasteiger partial charge in [0.2, 0.25) is 0 Å². The van der Waals surface area contributed by atoms with Crippen molar-refractivity contribution in [2.45, 2.75) is 26.9 Å². The molecule has 0 saturated carbocycles. The molecule has 0 aliphatic rings. The molecule has 0 saturated heterocycles. The number of anilines is 2. The molecule has 1 aromatic heterocycles. The third kappa shape index (κ3) is 3.55. The molecular formula is C15H18ClN3O2. The van der Waals surface area contributed by atoms with E-state index in [0.717, 1.165) is 17.0 Å². The minimum absolute atomic E-state index is 0.118. The molecule has 1 heterocycles. The van der Waals surface area contributed by atoms with Crippen LogP contribution in [-0.2, 0) is 7.05 Å². The Morgan fingerprint density at radius 3 is 2.71 bits per heavy atom. The molecule has 0 unspecified atom stereocenters. The van der Waals surface area contributed by atoms with Crippen LogP contribution in [0, 0.1) is 6.92 Å². The predicted molar refractivity (Wildman–Crippen MR) is 84.7 cm³/mol. The minimum Gasteiger partial charge on any atom is -0.491 e. The zero-order valence-electron chi connectivity index (χ0n) is 12.5. The molecular weight excluding hydrogens is 290 g/mol. The maximum absolute atomic E-state index is 11.7. The van der Waals surface area contributed by atoms with Crippen molar-refractivity contribution in [3.05, 3.63) is 45.3 Å². The lowest BCUT2D eigenvalue weighted by Crippen LogP contribution is -2.20. The SMILES string of the molecule is Cc1cc(Nc2cnn(C)c(=O)c2Cl)ccc1OC(C)C. The van der Waals surface area contributed by atoms with Gasteiger partial charge in [-0.05, 0) is 44.5 Å². The summed E-state index contributed by atoms with van der Waals surface area (Å²) >= 11 is 6.03. The highest BCUT2D eigenvalue weighted by Gasteiger charge is 2.09. The quantitative estimate of drug-likeness (QED) is 0.942. The Morgan fingerprint density at radius 1 is 1.38 bits per heavy atom. The lowest BCUT2D eigenvalue weighted by Gasteiger charge is -2.14. The second-order valence-electron chi connectivity index (χ2n) is 5.07. The number of aromatic nitrogens is 2. The largest absolute Gasteiger partial charge is 0.491 e. The maximum atomic E-state index is 11.7. The van der Waals surface area contributed by atoms with Gasteiger partial charge in [0.1, 0.15) is 10.8 Å². The zero-order valence-corrected chi connectivity index (χ0v) is 13.2. The Kier molecular flexibility index (Phi) is 4.53. The van der Waals surface area contributed by atoms with Crippen molar-refractivity contribution in [2.75, 3.05) is 5.32 Å². The average Bonchev–Trinajstić information content (AvgIpc) is 2.42. The van der Waals surface area contributed by atoms with E-state index in [4.69, 9.17) is 16.3 Å². The number of aryl methyl sites for hydroxylation is 2. The van der Waals surface area contributed by atoms with E-state index in [9.17, 15) is 4.79 Å². The van der Waals surface area contributed by atoms with Crippen LogP contribution in [0.25, 0.3) is 0 Å². The summed E-state index contributed by atoms with van der Waals surface area (Å²) in [6.07, 6.45) is 1.65. The van der Waals surface area contributed by atoms with Crippen LogP contribution in [0.4, 0.5) is 11.4 Å². The fourth-order valence-electron chi connectivity index (χ4n) is 1.87. The molecule has 1 N–H and O–H groups in total. The molecule has 0 bridgehead atoms. The molecule has 1 aromatic carbocycles. The monoisotopic (exact) mass is 307 g/mol. The van der Waals surface area contributed by atoms with Gasteiger partial charge in [-0.1, -0.05) is 11.6 Å². The summed E-state index contributed by atoms with van der Waals surface area (Å²) in [5.74, 6) is 0.837. The molecule has 0 radical (unpaired) electrons. The minimum atomic E-state index is -0.335. The summed E-state index contributed by atoms with van der Waals surface area (Å²) in [4.78, 5) is 11.7. The number of benzene rings is 1. The van der Waals surface area contributed by atoms with Crippen molar-refractivity contribution < 1.29 is 4.74 Å². The fourth-order valence-corrected chi connectivity index (χ4v) is 2.09. The number of rotatable bonds is 4. The Bertz CT molecular complexity index is 711. The number of halogens is 1. The number of ether oxygens (including phenoxy) is 1. The molecule has 6 heteroatoms. The van der Waals surface area contributed by atoms with Gasteiger partial charge in [-0.25, -0.2) is 4.68 Å². The lowest BCUT2D eigenvalue weighted by atomic mass is 10.2. The molecule has 0 amide bonds. The molecule has 0 fully saturated rings. The molecule has 5 nitrogen and oxygen atoms in total. The maximum Gasteiger partial charge on any atom is 0.287 e. The van der Waals surface area contributed by atoms with E-state index in [1.165, 1.54) is 10.9 Å². The van der Waals surface area contributed by atoms with Crippen LogP contribution >= 0.6 is 11.6 Å². The van der Waals surface area contributed by atoms with E-state index in [-0.39, 0.29) is 16.7 Å². The second-order valence-corrected chi connectivity index (χ2v) is 5.45. The number of nitrogens with zero attached hydrogens (tertiary/aromatic N) is 2. The number of hydrogen-bond donors (Lipinski definition) is 1. The Morgan fingerprint density at radius 2 is 2.10 bits per heavy atom. The third-order valence-corrected chi connectivity index (χ3v) is 3.26. The van der Waals surface area contributed by atoms with Gasteiger partial charge >= 0.3 is 0 Å². The van der Waals surface area contributed by atoms with Crippen LogP contribution in [0.5, 0.6) is 5.75 Å². The van der Waals surface area contributed by atoms with Crippen molar-refractivity contribution in [3.8, 4) is 5.75 Å².